The first-order chi connectivity index (χ1) is 8.69. The third-order valence-corrected chi connectivity index (χ3v) is 3.67. The third kappa shape index (κ3) is 3.61. The van der Waals surface area contributed by atoms with Crippen molar-refractivity contribution < 1.29 is 4.74 Å². The molecule has 3 nitrogen and oxygen atoms in total. The van der Waals surface area contributed by atoms with Crippen LogP contribution in [-0.4, -0.2) is 30.7 Å². The van der Waals surface area contributed by atoms with E-state index in [-0.39, 0.29) is 0 Å². The van der Waals surface area contributed by atoms with Crippen molar-refractivity contribution in [3.63, 3.8) is 0 Å². The number of hydrogen-bond donors (Lipinski definition) is 1. The van der Waals surface area contributed by atoms with Crippen LogP contribution in [0.25, 0.3) is 0 Å². The predicted molar refractivity (Wildman–Crippen MR) is 75.8 cm³/mol. The molecule has 1 aliphatic heterocycles. The maximum atomic E-state index is 5.98. The molecule has 0 radical (unpaired) electrons. The second kappa shape index (κ2) is 6.41. The minimum atomic E-state index is 0.439. The third-order valence-electron chi connectivity index (χ3n) is 3.44. The number of piperidine rings is 1. The normalized spacial score (nSPS) is 18.1. The van der Waals surface area contributed by atoms with E-state index in [1.165, 1.54) is 0 Å². The minimum Gasteiger partial charge on any atom is -0.398 e. The fraction of sp³-hybridized carbons (Fsp3) is 0.571. The summed E-state index contributed by atoms with van der Waals surface area (Å²) in [5.41, 5.74) is 7.93. The first-order valence-corrected chi connectivity index (χ1v) is 6.94. The maximum Gasteiger partial charge on any atom is 0.0599 e. The van der Waals surface area contributed by atoms with Gasteiger partial charge in [-0.1, -0.05) is 17.7 Å². The largest absolute Gasteiger partial charge is 0.398 e. The van der Waals surface area contributed by atoms with Gasteiger partial charge >= 0.3 is 0 Å². The molecule has 0 saturated carbocycles. The van der Waals surface area contributed by atoms with E-state index in [1.54, 1.807) is 0 Å². The Bertz CT molecular complexity index is 389. The van der Waals surface area contributed by atoms with Crippen LogP contribution in [0.15, 0.2) is 18.2 Å². The van der Waals surface area contributed by atoms with E-state index in [0.717, 1.165) is 50.3 Å². The summed E-state index contributed by atoms with van der Waals surface area (Å²) in [6, 6.07) is 5.75. The first-order valence-electron chi connectivity index (χ1n) is 6.57. The minimum absolute atomic E-state index is 0.439. The molecule has 1 aliphatic rings. The van der Waals surface area contributed by atoms with Crippen molar-refractivity contribution in [3.8, 4) is 0 Å². The topological polar surface area (TPSA) is 38.5 Å². The average Bonchev–Trinajstić information content (AvgIpc) is 2.35. The highest BCUT2D eigenvalue weighted by Gasteiger charge is 2.19. The molecule has 0 amide bonds. The lowest BCUT2D eigenvalue weighted by Gasteiger charge is -2.32. The van der Waals surface area contributed by atoms with Crippen molar-refractivity contribution in [2.75, 3.05) is 25.4 Å². The zero-order valence-corrected chi connectivity index (χ0v) is 11.6. The van der Waals surface area contributed by atoms with Crippen molar-refractivity contribution in [2.24, 2.45) is 0 Å². The van der Waals surface area contributed by atoms with Gasteiger partial charge in [0.1, 0.15) is 0 Å². The van der Waals surface area contributed by atoms with Crippen molar-refractivity contribution in [1.29, 1.82) is 0 Å². The number of anilines is 1. The molecule has 0 unspecified atom stereocenters. The molecular formula is C14H21ClN2O. The summed E-state index contributed by atoms with van der Waals surface area (Å²) in [7, 11) is 0. The Balaban J connectivity index is 1.87. The Kier molecular flexibility index (Phi) is 4.87. The predicted octanol–water partition coefficient (Wildman–Crippen LogP) is 2.92. The summed E-state index contributed by atoms with van der Waals surface area (Å²) in [5, 5.41) is 0.700. The van der Waals surface area contributed by atoms with E-state index in [2.05, 4.69) is 11.8 Å². The zero-order valence-electron chi connectivity index (χ0n) is 10.9. The van der Waals surface area contributed by atoms with Gasteiger partial charge in [0.25, 0.3) is 0 Å². The van der Waals surface area contributed by atoms with Crippen LogP contribution >= 0.6 is 11.6 Å². The molecule has 100 valence electrons. The maximum absolute atomic E-state index is 5.98. The monoisotopic (exact) mass is 268 g/mol. The highest BCUT2D eigenvalue weighted by atomic mass is 35.5. The highest BCUT2D eigenvalue weighted by Crippen LogP contribution is 2.22. The van der Waals surface area contributed by atoms with Crippen LogP contribution in [0.2, 0.25) is 5.02 Å². The van der Waals surface area contributed by atoms with Crippen LogP contribution in [-0.2, 0) is 11.3 Å². The smallest absolute Gasteiger partial charge is 0.0599 e. The van der Waals surface area contributed by atoms with Gasteiger partial charge in [-0.25, -0.2) is 0 Å². The molecule has 0 aromatic heterocycles. The Morgan fingerprint density at radius 2 is 2.11 bits per heavy atom. The van der Waals surface area contributed by atoms with E-state index in [4.69, 9.17) is 22.1 Å². The van der Waals surface area contributed by atoms with E-state index in [1.807, 2.05) is 18.2 Å². The quantitative estimate of drug-likeness (QED) is 0.854. The van der Waals surface area contributed by atoms with Crippen LogP contribution in [0.5, 0.6) is 0 Å². The van der Waals surface area contributed by atoms with Gasteiger partial charge in [-0.15, -0.1) is 0 Å². The molecule has 1 aromatic rings. The second-order valence-electron chi connectivity index (χ2n) is 4.77. The molecule has 2 rings (SSSR count). The molecule has 18 heavy (non-hydrogen) atoms. The fourth-order valence-electron chi connectivity index (χ4n) is 2.42. The Morgan fingerprint density at radius 3 is 2.72 bits per heavy atom. The molecule has 2 N–H and O–H groups in total. The number of hydrogen-bond acceptors (Lipinski definition) is 3. The standard InChI is InChI=1S/C14H21ClN2O/c1-2-18-13-5-7-17(8-6-13)10-11-3-4-12(15)9-14(11)16/h3-4,9,13H,2,5-8,10,16H2,1H3. The lowest BCUT2D eigenvalue weighted by Crippen LogP contribution is -2.36. The first kappa shape index (κ1) is 13.7. The molecule has 1 fully saturated rings. The summed E-state index contributed by atoms with van der Waals surface area (Å²) in [4.78, 5) is 2.43. The molecule has 0 atom stereocenters. The Hall–Kier alpha value is -0.770. The number of benzene rings is 1. The van der Waals surface area contributed by atoms with Crippen molar-refractivity contribution in [2.45, 2.75) is 32.4 Å². The highest BCUT2D eigenvalue weighted by molar-refractivity contribution is 6.30. The molecule has 1 aromatic carbocycles. The molecule has 1 heterocycles. The van der Waals surface area contributed by atoms with E-state index < -0.39 is 0 Å². The summed E-state index contributed by atoms with van der Waals surface area (Å²) in [5.74, 6) is 0. The number of nitrogens with two attached hydrogens (primary N) is 1. The Labute approximate surface area is 114 Å². The van der Waals surface area contributed by atoms with Gasteiger partial charge < -0.3 is 10.5 Å². The van der Waals surface area contributed by atoms with Gasteiger partial charge in [0.05, 0.1) is 6.10 Å². The zero-order chi connectivity index (χ0) is 13.0. The van der Waals surface area contributed by atoms with Gasteiger partial charge in [0, 0.05) is 37.0 Å². The van der Waals surface area contributed by atoms with Crippen molar-refractivity contribution >= 4 is 17.3 Å². The van der Waals surface area contributed by atoms with E-state index in [0.29, 0.717) is 11.1 Å². The van der Waals surface area contributed by atoms with Gasteiger partial charge in [-0.3, -0.25) is 4.90 Å². The number of rotatable bonds is 4. The van der Waals surface area contributed by atoms with Crippen molar-refractivity contribution in [3.05, 3.63) is 28.8 Å². The van der Waals surface area contributed by atoms with Crippen LogP contribution in [0.1, 0.15) is 25.3 Å². The molecule has 0 bridgehead atoms. The van der Waals surface area contributed by atoms with E-state index in [9.17, 15) is 0 Å². The average molecular weight is 269 g/mol. The van der Waals surface area contributed by atoms with E-state index >= 15 is 0 Å². The van der Waals surface area contributed by atoms with Crippen LogP contribution in [0, 0.1) is 0 Å². The number of likely N-dealkylation sites (tertiary alicyclic amines) is 1. The number of ether oxygens (including phenoxy) is 1. The number of nitrogen functional groups attached to an aromatic ring is 1. The fourth-order valence-corrected chi connectivity index (χ4v) is 2.60. The summed E-state index contributed by atoms with van der Waals surface area (Å²) < 4.78 is 5.65. The molecule has 1 saturated heterocycles. The van der Waals surface area contributed by atoms with Crippen LogP contribution < -0.4 is 5.73 Å². The Morgan fingerprint density at radius 1 is 1.39 bits per heavy atom. The lowest BCUT2D eigenvalue weighted by atomic mass is 10.1. The van der Waals surface area contributed by atoms with Crippen molar-refractivity contribution in [1.82, 2.24) is 4.90 Å². The summed E-state index contributed by atoms with van der Waals surface area (Å²) in [6.07, 6.45) is 2.66. The van der Waals surface area contributed by atoms with Gasteiger partial charge in [-0.05, 0) is 37.5 Å². The number of halogens is 1. The van der Waals surface area contributed by atoms with Gasteiger partial charge in [0.15, 0.2) is 0 Å². The molecule has 0 spiro atoms. The lowest BCUT2D eigenvalue weighted by molar-refractivity contribution is 0.0125. The molecular weight excluding hydrogens is 248 g/mol. The summed E-state index contributed by atoms with van der Waals surface area (Å²) in [6.45, 7) is 5.93. The summed E-state index contributed by atoms with van der Waals surface area (Å²) >= 11 is 5.90. The second-order valence-corrected chi connectivity index (χ2v) is 5.21. The molecule has 4 heteroatoms. The SMILES string of the molecule is CCOC1CCN(Cc2ccc(Cl)cc2N)CC1. The number of nitrogens with zero attached hydrogens (tertiary/aromatic N) is 1. The molecule has 0 aliphatic carbocycles. The van der Waals surface area contributed by atoms with Gasteiger partial charge in [-0.2, -0.15) is 0 Å². The van der Waals surface area contributed by atoms with Gasteiger partial charge in [0.2, 0.25) is 0 Å². The van der Waals surface area contributed by atoms with Crippen LogP contribution in [0.3, 0.4) is 0 Å². The van der Waals surface area contributed by atoms with Crippen LogP contribution in [0.4, 0.5) is 5.69 Å².